The Labute approximate surface area is 124 Å². The van der Waals surface area contributed by atoms with Gasteiger partial charge in [-0.15, -0.1) is 0 Å². The number of hydrogen-bond acceptors (Lipinski definition) is 3. The summed E-state index contributed by atoms with van der Waals surface area (Å²) in [5, 5.41) is 0. The summed E-state index contributed by atoms with van der Waals surface area (Å²) in [6.45, 7) is 4.50. The van der Waals surface area contributed by atoms with Gasteiger partial charge in [-0.1, -0.05) is 15.9 Å². The lowest BCUT2D eigenvalue weighted by Crippen LogP contribution is -2.32. The summed E-state index contributed by atoms with van der Waals surface area (Å²) in [5.41, 5.74) is 0. The van der Waals surface area contributed by atoms with Crippen LogP contribution in [0.2, 0.25) is 0 Å². The Hall–Kier alpha value is 0.0500. The van der Waals surface area contributed by atoms with Crippen molar-refractivity contribution in [2.45, 2.75) is 24.8 Å². The molecule has 0 bridgehead atoms. The van der Waals surface area contributed by atoms with Crippen LogP contribution in [0.5, 0.6) is 0 Å². The van der Waals surface area contributed by atoms with E-state index in [-0.39, 0.29) is 17.5 Å². The molecule has 0 radical (unpaired) electrons. The lowest BCUT2D eigenvalue weighted by atomic mass is 10.4. The van der Waals surface area contributed by atoms with Gasteiger partial charge in [-0.3, -0.25) is 0 Å². The Balaban J connectivity index is 2.80. The first kappa shape index (κ1) is 16.1. The molecule has 4 nitrogen and oxygen atoms in total. The van der Waals surface area contributed by atoms with Gasteiger partial charge < -0.3 is 4.74 Å². The van der Waals surface area contributed by atoms with E-state index in [1.807, 2.05) is 13.8 Å². The molecule has 0 saturated heterocycles. The summed E-state index contributed by atoms with van der Waals surface area (Å²) in [6.07, 6.45) is -0.154. The van der Waals surface area contributed by atoms with Gasteiger partial charge in [0.05, 0.1) is 11.0 Å². The van der Waals surface area contributed by atoms with Gasteiger partial charge in [0.25, 0.3) is 0 Å². The maximum absolute atomic E-state index is 12.1. The summed E-state index contributed by atoms with van der Waals surface area (Å²) in [4.78, 5) is 0.217. The predicted octanol–water partition coefficient (Wildman–Crippen LogP) is 2.91. The molecule has 0 aromatic heterocycles. The number of ether oxygens (including phenoxy) is 1. The summed E-state index contributed by atoms with van der Waals surface area (Å²) in [7, 11) is -3.52. The monoisotopic (exact) mass is 399 g/mol. The predicted molar refractivity (Wildman–Crippen MR) is 78.1 cm³/mol. The van der Waals surface area contributed by atoms with Gasteiger partial charge in [-0.2, -0.15) is 0 Å². The first-order valence-corrected chi connectivity index (χ1v) is 8.50. The van der Waals surface area contributed by atoms with Gasteiger partial charge in [0.1, 0.15) is 0 Å². The van der Waals surface area contributed by atoms with Crippen LogP contribution in [0.15, 0.2) is 32.0 Å². The van der Waals surface area contributed by atoms with Crippen molar-refractivity contribution in [2.75, 3.05) is 13.2 Å². The van der Waals surface area contributed by atoms with Gasteiger partial charge in [0.15, 0.2) is 0 Å². The zero-order valence-corrected chi connectivity index (χ0v) is 14.1. The maximum atomic E-state index is 12.1. The molecule has 1 rings (SSSR count). The van der Waals surface area contributed by atoms with E-state index in [9.17, 15) is 8.42 Å². The number of halogens is 2. The number of hydrogen-bond donors (Lipinski definition) is 1. The fraction of sp³-hybridized carbons (Fsp3) is 0.455. The van der Waals surface area contributed by atoms with Crippen molar-refractivity contribution in [2.24, 2.45) is 0 Å². The molecule has 0 heterocycles. The highest BCUT2D eigenvalue weighted by Gasteiger charge is 2.18. The van der Waals surface area contributed by atoms with Crippen LogP contribution < -0.4 is 4.72 Å². The van der Waals surface area contributed by atoms with Crippen molar-refractivity contribution in [3.8, 4) is 0 Å². The third-order valence-corrected chi connectivity index (χ3v) is 5.09. The number of nitrogens with one attached hydrogen (secondary N) is 1. The van der Waals surface area contributed by atoms with Crippen molar-refractivity contribution >= 4 is 41.9 Å². The molecular formula is C11H15Br2NO3S. The second-order valence-corrected chi connectivity index (χ2v) is 7.20. The average Bonchev–Trinajstić information content (AvgIpc) is 2.26. The standard InChI is InChI=1S/C11H15Br2NO3S/c1-3-17-8(2)7-14-18(15,16)11-5-4-9(12)6-10(11)13/h4-6,8,14H,3,7H2,1-2H3. The highest BCUT2D eigenvalue weighted by Crippen LogP contribution is 2.25. The SMILES string of the molecule is CCOC(C)CNS(=O)(=O)c1ccc(Br)cc1Br. The second kappa shape index (κ2) is 7.00. The average molecular weight is 401 g/mol. The Morgan fingerprint density at radius 2 is 2.06 bits per heavy atom. The fourth-order valence-electron chi connectivity index (χ4n) is 1.34. The first-order chi connectivity index (χ1) is 8.36. The molecule has 0 spiro atoms. The van der Waals surface area contributed by atoms with Crippen molar-refractivity contribution in [1.29, 1.82) is 0 Å². The van der Waals surface area contributed by atoms with Crippen LogP contribution in [-0.2, 0) is 14.8 Å². The lowest BCUT2D eigenvalue weighted by Gasteiger charge is -2.13. The Morgan fingerprint density at radius 1 is 1.39 bits per heavy atom. The van der Waals surface area contributed by atoms with Crippen LogP contribution in [0.1, 0.15) is 13.8 Å². The van der Waals surface area contributed by atoms with Gasteiger partial charge in [0.2, 0.25) is 10.0 Å². The molecule has 1 unspecified atom stereocenters. The highest BCUT2D eigenvalue weighted by atomic mass is 79.9. The first-order valence-electron chi connectivity index (χ1n) is 5.43. The van der Waals surface area contributed by atoms with Crippen LogP contribution in [0.3, 0.4) is 0 Å². The molecular weight excluding hydrogens is 386 g/mol. The van der Waals surface area contributed by atoms with E-state index in [2.05, 4.69) is 36.6 Å². The van der Waals surface area contributed by atoms with Crippen molar-refractivity contribution < 1.29 is 13.2 Å². The van der Waals surface area contributed by atoms with Gasteiger partial charge in [-0.05, 0) is 48.0 Å². The second-order valence-electron chi connectivity index (χ2n) is 3.69. The summed E-state index contributed by atoms with van der Waals surface area (Å²) >= 11 is 6.52. The van der Waals surface area contributed by atoms with Crippen LogP contribution in [0, 0.1) is 0 Å². The van der Waals surface area contributed by atoms with Crippen molar-refractivity contribution in [3.05, 3.63) is 27.1 Å². The number of sulfonamides is 1. The molecule has 1 aromatic carbocycles. The van der Waals surface area contributed by atoms with Gasteiger partial charge in [-0.25, -0.2) is 13.1 Å². The third kappa shape index (κ3) is 4.62. The molecule has 0 aliphatic rings. The van der Waals surface area contributed by atoms with E-state index in [0.29, 0.717) is 11.1 Å². The molecule has 0 fully saturated rings. The fourth-order valence-corrected chi connectivity index (χ4v) is 4.20. The topological polar surface area (TPSA) is 55.4 Å². The molecule has 18 heavy (non-hydrogen) atoms. The number of benzene rings is 1. The van der Waals surface area contributed by atoms with Gasteiger partial charge in [0, 0.05) is 22.1 Å². The molecule has 1 N–H and O–H groups in total. The highest BCUT2D eigenvalue weighted by molar-refractivity contribution is 9.11. The third-order valence-electron chi connectivity index (χ3n) is 2.20. The van der Waals surface area contributed by atoms with E-state index >= 15 is 0 Å². The molecule has 1 aromatic rings. The summed E-state index contributed by atoms with van der Waals surface area (Å²) < 4.78 is 33.3. The van der Waals surface area contributed by atoms with E-state index in [4.69, 9.17) is 4.74 Å². The molecule has 7 heteroatoms. The normalized spacial score (nSPS) is 13.6. The Bertz CT molecular complexity index is 505. The van der Waals surface area contributed by atoms with E-state index < -0.39 is 10.0 Å². The zero-order valence-electron chi connectivity index (χ0n) is 10.1. The van der Waals surface area contributed by atoms with Crippen molar-refractivity contribution in [3.63, 3.8) is 0 Å². The van der Waals surface area contributed by atoms with E-state index in [1.165, 1.54) is 0 Å². The molecule has 102 valence electrons. The lowest BCUT2D eigenvalue weighted by molar-refractivity contribution is 0.0799. The van der Waals surface area contributed by atoms with Crippen LogP contribution in [0.4, 0.5) is 0 Å². The summed E-state index contributed by atoms with van der Waals surface area (Å²) in [6, 6.07) is 4.92. The van der Waals surface area contributed by atoms with Crippen LogP contribution in [0.25, 0.3) is 0 Å². The summed E-state index contributed by atoms with van der Waals surface area (Å²) in [5.74, 6) is 0. The largest absolute Gasteiger partial charge is 0.377 e. The minimum absolute atomic E-state index is 0.154. The van der Waals surface area contributed by atoms with Crippen LogP contribution in [-0.4, -0.2) is 27.7 Å². The minimum atomic E-state index is -3.52. The smallest absolute Gasteiger partial charge is 0.241 e. The molecule has 0 aliphatic carbocycles. The Morgan fingerprint density at radius 3 is 2.61 bits per heavy atom. The molecule has 0 saturated carbocycles. The Kier molecular flexibility index (Phi) is 6.26. The quantitative estimate of drug-likeness (QED) is 0.798. The molecule has 1 atom stereocenters. The number of rotatable bonds is 6. The zero-order chi connectivity index (χ0) is 13.8. The van der Waals surface area contributed by atoms with Crippen LogP contribution >= 0.6 is 31.9 Å². The van der Waals surface area contributed by atoms with E-state index in [1.54, 1.807) is 18.2 Å². The van der Waals surface area contributed by atoms with Crippen molar-refractivity contribution in [1.82, 2.24) is 4.72 Å². The van der Waals surface area contributed by atoms with E-state index in [0.717, 1.165) is 4.47 Å². The molecule has 0 amide bonds. The maximum Gasteiger partial charge on any atom is 0.241 e. The van der Waals surface area contributed by atoms with Gasteiger partial charge >= 0.3 is 0 Å². The molecule has 0 aliphatic heterocycles. The minimum Gasteiger partial charge on any atom is -0.377 e.